The van der Waals surface area contributed by atoms with Crippen molar-refractivity contribution in [2.45, 2.75) is 39.8 Å². The van der Waals surface area contributed by atoms with Crippen LogP contribution in [0.5, 0.6) is 0 Å². The van der Waals surface area contributed by atoms with Gasteiger partial charge < -0.3 is 20.1 Å². The summed E-state index contributed by atoms with van der Waals surface area (Å²) >= 11 is 0. The zero-order chi connectivity index (χ0) is 16.8. The summed E-state index contributed by atoms with van der Waals surface area (Å²) in [5.74, 6) is -2.56. The Bertz CT molecular complexity index is 394. The normalized spacial score (nSPS) is 13.6. The van der Waals surface area contributed by atoms with E-state index in [1.54, 1.807) is 0 Å². The van der Waals surface area contributed by atoms with E-state index >= 15 is 0 Å². The summed E-state index contributed by atoms with van der Waals surface area (Å²) < 4.78 is 8.96. The first-order chi connectivity index (χ1) is 9.57. The maximum absolute atomic E-state index is 12.1. The van der Waals surface area contributed by atoms with Crippen LogP contribution in [0, 0.1) is 5.41 Å². The second-order valence-electron chi connectivity index (χ2n) is 5.06. The fraction of sp³-hybridized carbons (Fsp3) is 0.692. The topological polar surface area (TPSA) is 111 Å². The van der Waals surface area contributed by atoms with Crippen LogP contribution in [0.15, 0.2) is 0 Å². The second-order valence-corrected chi connectivity index (χ2v) is 5.06. The summed E-state index contributed by atoms with van der Waals surface area (Å²) in [6.45, 7) is 5.64. The highest BCUT2D eigenvalue weighted by atomic mass is 16.5. The lowest BCUT2D eigenvalue weighted by molar-refractivity contribution is -0.150. The Labute approximate surface area is 123 Å². The van der Waals surface area contributed by atoms with E-state index in [4.69, 9.17) is 0 Å². The summed E-state index contributed by atoms with van der Waals surface area (Å²) in [5.41, 5.74) is -1.47. The van der Waals surface area contributed by atoms with E-state index in [1.807, 2.05) is 0 Å². The van der Waals surface area contributed by atoms with Gasteiger partial charge in [0.2, 0.25) is 11.8 Å². The van der Waals surface area contributed by atoms with Gasteiger partial charge in [0.25, 0.3) is 0 Å². The number of esters is 2. The molecule has 0 spiro atoms. The van der Waals surface area contributed by atoms with E-state index in [0.29, 0.717) is 0 Å². The maximum Gasteiger partial charge on any atom is 0.328 e. The standard InChI is InChI=1S/C13H22N2O6/c1-7(9(16)20-5)14-11(18)13(3,4)12(19)15-8(2)10(17)21-6/h7-8H,1-6H3,(H,14,18)(H,15,19)/t7-,8-/m0/s1. The number of hydrogen-bond acceptors (Lipinski definition) is 6. The van der Waals surface area contributed by atoms with E-state index in [2.05, 4.69) is 20.1 Å². The van der Waals surface area contributed by atoms with Crippen molar-refractivity contribution in [3.63, 3.8) is 0 Å². The molecule has 8 nitrogen and oxygen atoms in total. The summed E-state index contributed by atoms with van der Waals surface area (Å²) in [4.78, 5) is 46.6. The van der Waals surface area contributed by atoms with Crippen molar-refractivity contribution in [1.82, 2.24) is 10.6 Å². The van der Waals surface area contributed by atoms with Gasteiger partial charge in [-0.1, -0.05) is 0 Å². The Hall–Kier alpha value is -2.12. The molecule has 2 amide bonds. The molecule has 21 heavy (non-hydrogen) atoms. The van der Waals surface area contributed by atoms with Crippen LogP contribution < -0.4 is 10.6 Å². The van der Waals surface area contributed by atoms with Gasteiger partial charge in [0.05, 0.1) is 14.2 Å². The smallest absolute Gasteiger partial charge is 0.328 e. The lowest BCUT2D eigenvalue weighted by Crippen LogP contribution is -2.54. The summed E-state index contributed by atoms with van der Waals surface area (Å²) in [5, 5.41) is 4.76. The number of methoxy groups -OCH3 is 2. The number of carbonyl (C=O) groups excluding carboxylic acids is 4. The summed E-state index contributed by atoms with van der Waals surface area (Å²) in [6.07, 6.45) is 0. The van der Waals surface area contributed by atoms with Gasteiger partial charge in [0.1, 0.15) is 17.5 Å². The Morgan fingerprint density at radius 2 is 1.10 bits per heavy atom. The Morgan fingerprint density at radius 1 is 0.810 bits per heavy atom. The van der Waals surface area contributed by atoms with E-state index in [-0.39, 0.29) is 0 Å². The van der Waals surface area contributed by atoms with E-state index in [0.717, 1.165) is 0 Å². The molecule has 0 bridgehead atoms. The molecule has 0 saturated heterocycles. The third-order valence-electron chi connectivity index (χ3n) is 2.94. The summed E-state index contributed by atoms with van der Waals surface area (Å²) in [7, 11) is 2.39. The van der Waals surface area contributed by atoms with Crippen molar-refractivity contribution in [1.29, 1.82) is 0 Å². The zero-order valence-electron chi connectivity index (χ0n) is 13.1. The first-order valence-electron chi connectivity index (χ1n) is 6.35. The van der Waals surface area contributed by atoms with Gasteiger partial charge in [-0.15, -0.1) is 0 Å². The van der Waals surface area contributed by atoms with Crippen molar-refractivity contribution < 1.29 is 28.7 Å². The molecule has 120 valence electrons. The zero-order valence-corrected chi connectivity index (χ0v) is 13.1. The predicted octanol–water partition coefficient (Wildman–Crippen LogP) is -0.632. The van der Waals surface area contributed by atoms with Crippen molar-refractivity contribution in [3.8, 4) is 0 Å². The number of amides is 2. The lowest BCUT2D eigenvalue weighted by Gasteiger charge is -2.25. The van der Waals surface area contributed by atoms with Crippen LogP contribution >= 0.6 is 0 Å². The molecule has 0 radical (unpaired) electrons. The molecule has 0 aliphatic heterocycles. The van der Waals surface area contributed by atoms with Crippen LogP contribution in [-0.4, -0.2) is 50.1 Å². The largest absolute Gasteiger partial charge is 0.467 e. The molecule has 0 fully saturated rings. The molecule has 2 N–H and O–H groups in total. The fourth-order valence-electron chi connectivity index (χ4n) is 1.33. The molecule has 0 aromatic rings. The molecule has 0 aliphatic carbocycles. The Kier molecular flexibility index (Phi) is 6.84. The van der Waals surface area contributed by atoms with Crippen LogP contribution in [0.4, 0.5) is 0 Å². The van der Waals surface area contributed by atoms with Crippen molar-refractivity contribution >= 4 is 23.8 Å². The van der Waals surface area contributed by atoms with Gasteiger partial charge in [-0.25, -0.2) is 9.59 Å². The molecule has 0 aliphatic rings. The van der Waals surface area contributed by atoms with Crippen LogP contribution in [0.2, 0.25) is 0 Å². The van der Waals surface area contributed by atoms with Gasteiger partial charge in [-0.3, -0.25) is 9.59 Å². The Morgan fingerprint density at radius 3 is 1.33 bits per heavy atom. The fourth-order valence-corrected chi connectivity index (χ4v) is 1.33. The van der Waals surface area contributed by atoms with Crippen molar-refractivity contribution in [2.75, 3.05) is 14.2 Å². The molecule has 2 atom stereocenters. The summed E-state index contributed by atoms with van der Waals surface area (Å²) in [6, 6.07) is -1.76. The SMILES string of the molecule is COC(=O)[C@H](C)NC(=O)C(C)(C)C(=O)N[C@@H](C)C(=O)OC. The third kappa shape index (κ3) is 5.05. The van der Waals surface area contributed by atoms with E-state index < -0.39 is 41.3 Å². The first kappa shape index (κ1) is 18.9. The average Bonchev–Trinajstić information content (AvgIpc) is 2.44. The highest BCUT2D eigenvalue weighted by Crippen LogP contribution is 2.16. The minimum Gasteiger partial charge on any atom is -0.467 e. The number of nitrogens with one attached hydrogen (secondary N) is 2. The molecule has 8 heteroatoms. The molecular weight excluding hydrogens is 280 g/mol. The predicted molar refractivity (Wildman–Crippen MR) is 73.0 cm³/mol. The van der Waals surface area contributed by atoms with Gasteiger partial charge >= 0.3 is 11.9 Å². The van der Waals surface area contributed by atoms with Gasteiger partial charge in [0, 0.05) is 0 Å². The van der Waals surface area contributed by atoms with Crippen LogP contribution in [0.25, 0.3) is 0 Å². The van der Waals surface area contributed by atoms with Crippen LogP contribution in [0.3, 0.4) is 0 Å². The van der Waals surface area contributed by atoms with Gasteiger partial charge in [0.15, 0.2) is 0 Å². The Balaban J connectivity index is 4.79. The first-order valence-corrected chi connectivity index (χ1v) is 6.35. The van der Waals surface area contributed by atoms with E-state index in [1.165, 1.54) is 41.9 Å². The maximum atomic E-state index is 12.1. The molecule has 0 rings (SSSR count). The second kappa shape index (κ2) is 7.61. The molecule has 0 aromatic carbocycles. The minimum absolute atomic E-state index is 0.623. The number of ether oxygens (including phenoxy) is 2. The van der Waals surface area contributed by atoms with Crippen molar-refractivity contribution in [3.05, 3.63) is 0 Å². The molecular formula is C13H22N2O6. The van der Waals surface area contributed by atoms with Gasteiger partial charge in [-0.05, 0) is 27.7 Å². The molecule has 0 saturated carbocycles. The molecule has 0 heterocycles. The van der Waals surface area contributed by atoms with Crippen molar-refractivity contribution in [2.24, 2.45) is 5.41 Å². The number of rotatable bonds is 6. The number of carbonyl (C=O) groups is 4. The van der Waals surface area contributed by atoms with Gasteiger partial charge in [-0.2, -0.15) is 0 Å². The third-order valence-corrected chi connectivity index (χ3v) is 2.94. The van der Waals surface area contributed by atoms with E-state index in [9.17, 15) is 19.2 Å². The van der Waals surface area contributed by atoms with Crippen LogP contribution in [-0.2, 0) is 28.7 Å². The average molecular weight is 302 g/mol. The highest BCUT2D eigenvalue weighted by Gasteiger charge is 2.38. The highest BCUT2D eigenvalue weighted by molar-refractivity contribution is 6.06. The van der Waals surface area contributed by atoms with Crippen LogP contribution in [0.1, 0.15) is 27.7 Å². The molecule has 0 aromatic heterocycles. The number of hydrogen-bond donors (Lipinski definition) is 2. The molecule has 0 unspecified atom stereocenters. The quantitative estimate of drug-likeness (QED) is 0.499. The lowest BCUT2D eigenvalue weighted by atomic mass is 9.90. The monoisotopic (exact) mass is 302 g/mol. The minimum atomic E-state index is -1.47.